The third-order valence-corrected chi connectivity index (χ3v) is 3.46. The molecule has 7 nitrogen and oxygen atoms in total. The number of aromatic nitrogens is 1. The van der Waals surface area contributed by atoms with E-state index in [1.165, 1.54) is 13.8 Å². The second-order valence-corrected chi connectivity index (χ2v) is 5.09. The standard InChI is InChI=1S/C15H19N3O4/c1-11(19)17-6-8-18(9-7-17)15(21)14-5-3-4-13(16-14)10-22-12(2)20/h3-5H,6-10H2,1-2H3. The molecule has 1 aliphatic heterocycles. The van der Waals surface area contributed by atoms with Crippen molar-refractivity contribution >= 4 is 17.8 Å². The Bertz CT molecular complexity index is 580. The smallest absolute Gasteiger partial charge is 0.303 e. The van der Waals surface area contributed by atoms with Crippen molar-refractivity contribution in [3.63, 3.8) is 0 Å². The van der Waals surface area contributed by atoms with Crippen LogP contribution in [0.25, 0.3) is 0 Å². The molecule has 1 fully saturated rings. The summed E-state index contributed by atoms with van der Waals surface area (Å²) in [6, 6.07) is 5.05. The van der Waals surface area contributed by atoms with Crippen molar-refractivity contribution in [1.29, 1.82) is 0 Å². The van der Waals surface area contributed by atoms with Crippen LogP contribution in [-0.4, -0.2) is 58.7 Å². The van der Waals surface area contributed by atoms with Crippen LogP contribution in [-0.2, 0) is 20.9 Å². The molecule has 0 N–H and O–H groups in total. The molecule has 0 aliphatic carbocycles. The molecule has 118 valence electrons. The molecule has 7 heteroatoms. The quantitative estimate of drug-likeness (QED) is 0.758. The summed E-state index contributed by atoms with van der Waals surface area (Å²) in [5.41, 5.74) is 0.851. The molecule has 0 aromatic carbocycles. The molecule has 1 aromatic heterocycles. The van der Waals surface area contributed by atoms with Gasteiger partial charge in [-0.25, -0.2) is 4.98 Å². The fourth-order valence-corrected chi connectivity index (χ4v) is 2.24. The second kappa shape index (κ2) is 7.02. The number of amides is 2. The molecular formula is C15H19N3O4. The van der Waals surface area contributed by atoms with Crippen LogP contribution < -0.4 is 0 Å². The predicted molar refractivity (Wildman–Crippen MR) is 77.9 cm³/mol. The summed E-state index contributed by atoms with van der Waals surface area (Å²) >= 11 is 0. The summed E-state index contributed by atoms with van der Waals surface area (Å²) in [5.74, 6) is -0.541. The van der Waals surface area contributed by atoms with Crippen LogP contribution in [0.5, 0.6) is 0 Å². The number of piperazine rings is 1. The highest BCUT2D eigenvalue weighted by Gasteiger charge is 2.24. The first-order valence-electron chi connectivity index (χ1n) is 7.11. The number of carbonyl (C=O) groups excluding carboxylic acids is 3. The van der Waals surface area contributed by atoms with Crippen molar-refractivity contribution in [1.82, 2.24) is 14.8 Å². The number of ether oxygens (including phenoxy) is 1. The Labute approximate surface area is 128 Å². The van der Waals surface area contributed by atoms with E-state index in [0.717, 1.165) is 0 Å². The highest BCUT2D eigenvalue weighted by molar-refractivity contribution is 5.92. The molecule has 2 rings (SSSR count). The van der Waals surface area contributed by atoms with Crippen molar-refractivity contribution < 1.29 is 19.1 Å². The van der Waals surface area contributed by atoms with E-state index in [-0.39, 0.29) is 24.4 Å². The van der Waals surface area contributed by atoms with Crippen molar-refractivity contribution in [3.8, 4) is 0 Å². The van der Waals surface area contributed by atoms with Crippen molar-refractivity contribution in [2.75, 3.05) is 26.2 Å². The molecule has 2 amide bonds. The summed E-state index contributed by atoms with van der Waals surface area (Å²) in [6.45, 7) is 4.96. The molecule has 2 heterocycles. The molecule has 0 unspecified atom stereocenters. The van der Waals surface area contributed by atoms with Gasteiger partial charge in [0, 0.05) is 40.0 Å². The van der Waals surface area contributed by atoms with Gasteiger partial charge in [-0.2, -0.15) is 0 Å². The first kappa shape index (κ1) is 15.9. The van der Waals surface area contributed by atoms with Crippen LogP contribution in [0.1, 0.15) is 30.0 Å². The van der Waals surface area contributed by atoms with Gasteiger partial charge >= 0.3 is 5.97 Å². The Morgan fingerprint density at radius 1 is 1.09 bits per heavy atom. The SMILES string of the molecule is CC(=O)OCc1cccc(C(=O)N2CCN(C(C)=O)CC2)n1. The first-order chi connectivity index (χ1) is 10.5. The summed E-state index contributed by atoms with van der Waals surface area (Å²) in [5, 5.41) is 0. The minimum atomic E-state index is -0.390. The molecule has 1 aromatic rings. The average Bonchev–Trinajstić information content (AvgIpc) is 2.52. The molecule has 1 aliphatic rings. The van der Waals surface area contributed by atoms with Gasteiger partial charge in [-0.15, -0.1) is 0 Å². The minimum Gasteiger partial charge on any atom is -0.459 e. The second-order valence-electron chi connectivity index (χ2n) is 5.09. The van der Waals surface area contributed by atoms with E-state index in [2.05, 4.69) is 4.98 Å². The van der Waals surface area contributed by atoms with Gasteiger partial charge in [-0.05, 0) is 12.1 Å². The van der Waals surface area contributed by atoms with Crippen molar-refractivity contribution in [3.05, 3.63) is 29.6 Å². The Morgan fingerprint density at radius 2 is 1.73 bits per heavy atom. The number of hydrogen-bond donors (Lipinski definition) is 0. The van der Waals surface area contributed by atoms with E-state index >= 15 is 0 Å². The molecule has 0 radical (unpaired) electrons. The van der Waals surface area contributed by atoms with Crippen LogP contribution in [0.15, 0.2) is 18.2 Å². The van der Waals surface area contributed by atoms with Gasteiger partial charge in [0.25, 0.3) is 5.91 Å². The molecule has 0 bridgehead atoms. The Kier molecular flexibility index (Phi) is 5.08. The largest absolute Gasteiger partial charge is 0.459 e. The Hall–Kier alpha value is -2.44. The Balaban J connectivity index is 1.99. The lowest BCUT2D eigenvalue weighted by molar-refractivity contribution is -0.142. The zero-order chi connectivity index (χ0) is 16.1. The molecule has 0 spiro atoms. The number of pyridine rings is 1. The van der Waals surface area contributed by atoms with Crippen molar-refractivity contribution in [2.45, 2.75) is 20.5 Å². The maximum Gasteiger partial charge on any atom is 0.303 e. The predicted octanol–water partition coefficient (Wildman–Crippen LogP) is 0.449. The zero-order valence-corrected chi connectivity index (χ0v) is 12.7. The van der Waals surface area contributed by atoms with E-state index in [1.807, 2.05) is 0 Å². The van der Waals surface area contributed by atoms with E-state index < -0.39 is 0 Å². The molecule has 0 atom stereocenters. The van der Waals surface area contributed by atoms with Gasteiger partial charge in [0.2, 0.25) is 5.91 Å². The van der Waals surface area contributed by atoms with Gasteiger partial charge in [0.15, 0.2) is 0 Å². The van der Waals surface area contributed by atoms with Gasteiger partial charge < -0.3 is 14.5 Å². The minimum absolute atomic E-state index is 0.0219. The summed E-state index contributed by atoms with van der Waals surface area (Å²) in [6.07, 6.45) is 0. The van der Waals surface area contributed by atoms with Crippen molar-refractivity contribution in [2.24, 2.45) is 0 Å². The molecule has 1 saturated heterocycles. The van der Waals surface area contributed by atoms with E-state index in [1.54, 1.807) is 28.0 Å². The molecular weight excluding hydrogens is 286 g/mol. The topological polar surface area (TPSA) is 79.8 Å². The lowest BCUT2D eigenvalue weighted by Gasteiger charge is -2.34. The number of nitrogens with zero attached hydrogens (tertiary/aromatic N) is 3. The lowest BCUT2D eigenvalue weighted by Crippen LogP contribution is -2.50. The highest BCUT2D eigenvalue weighted by Crippen LogP contribution is 2.09. The van der Waals surface area contributed by atoms with Crippen LogP contribution in [0, 0.1) is 0 Å². The summed E-state index contributed by atoms with van der Waals surface area (Å²) < 4.78 is 4.88. The Morgan fingerprint density at radius 3 is 2.32 bits per heavy atom. The zero-order valence-electron chi connectivity index (χ0n) is 12.7. The van der Waals surface area contributed by atoms with Crippen LogP contribution in [0.2, 0.25) is 0 Å². The highest BCUT2D eigenvalue weighted by atomic mass is 16.5. The maximum absolute atomic E-state index is 12.4. The number of hydrogen-bond acceptors (Lipinski definition) is 5. The van der Waals surface area contributed by atoms with E-state index in [0.29, 0.717) is 37.6 Å². The normalized spacial score (nSPS) is 14.6. The number of esters is 1. The van der Waals surface area contributed by atoms with Crippen LogP contribution in [0.3, 0.4) is 0 Å². The van der Waals surface area contributed by atoms with Gasteiger partial charge in [-0.1, -0.05) is 6.07 Å². The maximum atomic E-state index is 12.4. The lowest BCUT2D eigenvalue weighted by atomic mass is 10.2. The fourth-order valence-electron chi connectivity index (χ4n) is 2.24. The molecule has 22 heavy (non-hydrogen) atoms. The number of carbonyl (C=O) groups is 3. The fraction of sp³-hybridized carbons (Fsp3) is 0.467. The third kappa shape index (κ3) is 4.03. The van der Waals surface area contributed by atoms with Gasteiger partial charge in [0.05, 0.1) is 5.69 Å². The van der Waals surface area contributed by atoms with Gasteiger partial charge in [0.1, 0.15) is 12.3 Å². The van der Waals surface area contributed by atoms with Crippen LogP contribution >= 0.6 is 0 Å². The third-order valence-electron chi connectivity index (χ3n) is 3.46. The average molecular weight is 305 g/mol. The monoisotopic (exact) mass is 305 g/mol. The van der Waals surface area contributed by atoms with Crippen LogP contribution in [0.4, 0.5) is 0 Å². The number of rotatable bonds is 3. The van der Waals surface area contributed by atoms with E-state index in [9.17, 15) is 14.4 Å². The molecule has 0 saturated carbocycles. The van der Waals surface area contributed by atoms with Gasteiger partial charge in [-0.3, -0.25) is 14.4 Å². The summed E-state index contributed by atoms with van der Waals surface area (Å²) in [7, 11) is 0. The summed E-state index contributed by atoms with van der Waals surface area (Å²) in [4.78, 5) is 42.1. The first-order valence-corrected chi connectivity index (χ1v) is 7.11. The van der Waals surface area contributed by atoms with E-state index in [4.69, 9.17) is 4.74 Å².